The van der Waals surface area contributed by atoms with Crippen LogP contribution < -0.4 is 34.7 Å². The van der Waals surface area contributed by atoms with Gasteiger partial charge in [-0.15, -0.1) is 12.4 Å². The zero-order valence-electron chi connectivity index (χ0n) is 8.81. The van der Waals surface area contributed by atoms with E-state index in [4.69, 9.17) is 15.5 Å². The largest absolute Gasteiger partial charge is 2.00 e. The molecular weight excluding hydrogens is 342 g/mol. The Balaban J connectivity index is -0.000000211. The number of ether oxygens (including phenoxy) is 1. The predicted octanol–water partition coefficient (Wildman–Crippen LogP) is -4.71. The Labute approximate surface area is 130 Å². The minimum Gasteiger partial charge on any atom is -1.00 e. The standard InChI is InChI=1S/C8H7N3O2.3ClH.Zn/c1-13-7-3-2-5(8(9)12)4-6(7)11-10;;;;/h2-4H,1H3,(H-,9,12);3*1H;/q;;;;+2/p-2. The average molecular weight is 350 g/mol. The molecule has 0 aliphatic heterocycles. The van der Waals surface area contributed by atoms with E-state index in [1.807, 2.05) is 0 Å². The van der Waals surface area contributed by atoms with Crippen molar-refractivity contribution >= 4 is 24.0 Å². The molecule has 0 bridgehead atoms. The van der Waals surface area contributed by atoms with E-state index in [-0.39, 0.29) is 67.9 Å². The second kappa shape index (κ2) is 11.9. The molecule has 0 saturated carbocycles. The normalized spacial score (nSPS) is 6.82. The first-order chi connectivity index (χ1) is 6.19. The first-order valence-electron chi connectivity index (χ1n) is 3.48. The third-order valence-corrected chi connectivity index (χ3v) is 1.55. The van der Waals surface area contributed by atoms with E-state index in [2.05, 4.69) is 4.98 Å². The van der Waals surface area contributed by atoms with Gasteiger partial charge in [0.15, 0.2) is 4.98 Å². The molecule has 90 valence electrons. The summed E-state index contributed by atoms with van der Waals surface area (Å²) in [5.74, 6) is -0.472. The van der Waals surface area contributed by atoms with Gasteiger partial charge in [-0.2, -0.15) is 0 Å². The summed E-state index contributed by atoms with van der Waals surface area (Å²) < 4.78 is 4.84. The van der Waals surface area contributed by atoms with Crippen molar-refractivity contribution in [1.82, 2.24) is 0 Å². The molecule has 9 heteroatoms. The molecule has 1 aromatic rings. The van der Waals surface area contributed by atoms with Crippen molar-refractivity contribution in [3.8, 4) is 5.75 Å². The van der Waals surface area contributed by atoms with E-state index in [0.717, 1.165) is 0 Å². The summed E-state index contributed by atoms with van der Waals surface area (Å²) in [6.45, 7) is 0. The fraction of sp³-hybridized carbons (Fsp3) is 0.125. The Morgan fingerprint density at radius 1 is 1.41 bits per heavy atom. The first-order valence-corrected chi connectivity index (χ1v) is 3.48. The zero-order valence-corrected chi connectivity index (χ0v) is 14.1. The third kappa shape index (κ3) is 6.65. The van der Waals surface area contributed by atoms with Crippen LogP contribution in [0.25, 0.3) is 4.98 Å². The Morgan fingerprint density at radius 3 is 2.29 bits per heavy atom. The number of nitrogens with one attached hydrogen (secondary N) is 1. The van der Waals surface area contributed by atoms with E-state index >= 15 is 0 Å². The van der Waals surface area contributed by atoms with Gasteiger partial charge >= 0.3 is 25.2 Å². The Morgan fingerprint density at radius 2 is 1.94 bits per heavy atom. The van der Waals surface area contributed by atoms with E-state index in [1.54, 1.807) is 0 Å². The van der Waals surface area contributed by atoms with Crippen LogP contribution in [-0.2, 0) is 19.5 Å². The Hall–Kier alpha value is -0.597. The molecule has 5 nitrogen and oxygen atoms in total. The molecule has 0 amide bonds. The maximum atomic E-state index is 10.6. The van der Waals surface area contributed by atoms with Crippen LogP contribution in [0.5, 0.6) is 5.75 Å². The van der Waals surface area contributed by atoms with Crippen LogP contribution in [0.3, 0.4) is 0 Å². The van der Waals surface area contributed by atoms with Crippen molar-refractivity contribution in [3.05, 3.63) is 28.7 Å². The van der Waals surface area contributed by atoms with Gasteiger partial charge < -0.3 is 40.1 Å². The summed E-state index contributed by atoms with van der Waals surface area (Å²) in [4.78, 5) is 2.92. The smallest absolute Gasteiger partial charge is 1.00 e. The second-order valence-electron chi connectivity index (χ2n) is 2.32. The maximum Gasteiger partial charge on any atom is 2.00 e. The maximum absolute atomic E-state index is 10.6. The number of rotatable bonds is 2. The van der Waals surface area contributed by atoms with Crippen molar-refractivity contribution in [1.29, 1.82) is 10.8 Å². The van der Waals surface area contributed by atoms with Crippen LogP contribution in [0, 0.1) is 10.8 Å². The number of benzene rings is 1. The molecule has 0 aliphatic carbocycles. The number of hydrogen-bond donors (Lipinski definition) is 1. The SMILES string of the molecule is COc1ccc(C(=N)[O-])cc1[N+]#N.Cl.[Cl-].[Cl-].[Zn+2]. The predicted molar refractivity (Wildman–Crippen MR) is 51.8 cm³/mol. The molecule has 0 aromatic heterocycles. The molecule has 1 rings (SSSR count). The number of halogens is 3. The molecule has 1 aromatic carbocycles. The summed E-state index contributed by atoms with van der Waals surface area (Å²) in [6, 6.07) is 4.19. The minimum absolute atomic E-state index is 0. The summed E-state index contributed by atoms with van der Waals surface area (Å²) in [7, 11) is 1.42. The van der Waals surface area contributed by atoms with Crippen molar-refractivity contribution in [2.75, 3.05) is 7.11 Å². The first kappa shape index (κ1) is 25.3. The molecule has 0 aliphatic rings. The van der Waals surface area contributed by atoms with Crippen LogP contribution in [0.1, 0.15) is 5.56 Å². The molecule has 0 spiro atoms. The van der Waals surface area contributed by atoms with Gasteiger partial charge in [-0.25, -0.2) is 0 Å². The van der Waals surface area contributed by atoms with Crippen LogP contribution in [0.4, 0.5) is 5.69 Å². The van der Waals surface area contributed by atoms with Crippen LogP contribution >= 0.6 is 12.4 Å². The van der Waals surface area contributed by atoms with E-state index < -0.39 is 5.90 Å². The van der Waals surface area contributed by atoms with Crippen molar-refractivity contribution < 1.29 is 54.1 Å². The Kier molecular flexibility index (Phi) is 17.7. The van der Waals surface area contributed by atoms with Gasteiger partial charge in [0.25, 0.3) is 0 Å². The van der Waals surface area contributed by atoms with Gasteiger partial charge in [0.05, 0.1) is 7.11 Å². The quantitative estimate of drug-likeness (QED) is 0.252. The van der Waals surface area contributed by atoms with Crippen LogP contribution in [0.2, 0.25) is 0 Å². The number of methoxy groups -OCH3 is 1. The van der Waals surface area contributed by atoms with Gasteiger partial charge in [0, 0.05) is 6.07 Å². The molecule has 0 fully saturated rings. The van der Waals surface area contributed by atoms with E-state index in [0.29, 0.717) is 5.75 Å². The van der Waals surface area contributed by atoms with Crippen LogP contribution in [-0.4, -0.2) is 13.0 Å². The average Bonchev–Trinajstić information content (AvgIpc) is 2.16. The minimum atomic E-state index is -0.826. The van der Waals surface area contributed by atoms with Gasteiger partial charge in [-0.05, 0) is 23.6 Å². The van der Waals surface area contributed by atoms with Gasteiger partial charge in [0.1, 0.15) is 0 Å². The number of diazo groups is 1. The van der Waals surface area contributed by atoms with Gasteiger partial charge in [-0.3, -0.25) is 0 Å². The molecule has 1 N–H and O–H groups in total. The summed E-state index contributed by atoms with van der Waals surface area (Å²) in [5.41, 5.74) is 0.300. The monoisotopic (exact) mass is 347 g/mol. The summed E-state index contributed by atoms with van der Waals surface area (Å²) in [5, 5.41) is 26.0. The van der Waals surface area contributed by atoms with Crippen molar-refractivity contribution in [2.24, 2.45) is 0 Å². The van der Waals surface area contributed by atoms with E-state index in [1.165, 1.54) is 25.3 Å². The van der Waals surface area contributed by atoms with Gasteiger partial charge in [-0.1, -0.05) is 0 Å². The fourth-order valence-corrected chi connectivity index (χ4v) is 0.909. The fourth-order valence-electron chi connectivity index (χ4n) is 0.909. The van der Waals surface area contributed by atoms with Gasteiger partial charge in [0.2, 0.25) is 11.1 Å². The molecule has 17 heavy (non-hydrogen) atoms. The number of hydrogen-bond acceptors (Lipinski definition) is 4. The molecular formula is C8H8Cl3N3O2Zn. The molecule has 0 radical (unpaired) electrons. The molecule has 0 unspecified atom stereocenters. The molecule has 0 saturated heterocycles. The number of nitrogens with zero attached hydrogens (tertiary/aromatic N) is 2. The Bertz CT molecular complexity index is 398. The van der Waals surface area contributed by atoms with Crippen molar-refractivity contribution in [2.45, 2.75) is 0 Å². The van der Waals surface area contributed by atoms with Crippen LogP contribution in [0.15, 0.2) is 18.2 Å². The zero-order chi connectivity index (χ0) is 9.84. The van der Waals surface area contributed by atoms with Crippen molar-refractivity contribution in [3.63, 3.8) is 0 Å². The summed E-state index contributed by atoms with van der Waals surface area (Å²) >= 11 is 0. The topological polar surface area (TPSA) is 84.3 Å². The summed E-state index contributed by atoms with van der Waals surface area (Å²) in [6.07, 6.45) is 0. The molecule has 0 heterocycles. The second-order valence-corrected chi connectivity index (χ2v) is 2.32. The third-order valence-electron chi connectivity index (χ3n) is 1.55. The van der Waals surface area contributed by atoms with E-state index in [9.17, 15) is 5.11 Å². The molecule has 0 atom stereocenters.